The summed E-state index contributed by atoms with van der Waals surface area (Å²) in [6.45, 7) is 7.70. The van der Waals surface area contributed by atoms with Gasteiger partial charge in [0.25, 0.3) is 5.78 Å². The highest BCUT2D eigenvalue weighted by atomic mass is 32.1. The molecule has 198 valence electrons. The maximum atomic E-state index is 13.8. The molecule has 38 heavy (non-hydrogen) atoms. The Bertz CT molecular complexity index is 1430. The molecule has 1 aromatic heterocycles. The molecular weight excluding hydrogens is 511 g/mol. The molecule has 1 aliphatic heterocycles. The summed E-state index contributed by atoms with van der Waals surface area (Å²) in [6.07, 6.45) is 0.829. The van der Waals surface area contributed by atoms with E-state index in [0.29, 0.717) is 34.7 Å². The first-order valence-corrected chi connectivity index (χ1v) is 12.9. The third-order valence-corrected chi connectivity index (χ3v) is 7.14. The maximum absolute atomic E-state index is 13.8. The molecule has 1 aliphatic rings. The monoisotopic (exact) mass is 538 g/mol. The number of Topliss-reactive ketones (excluding diaryl/α,β-unsaturated/α-hetero) is 1. The van der Waals surface area contributed by atoms with Crippen LogP contribution >= 0.6 is 11.3 Å². The van der Waals surface area contributed by atoms with E-state index >= 15 is 0 Å². The van der Waals surface area contributed by atoms with Crippen molar-refractivity contribution in [2.45, 2.75) is 40.2 Å². The fourth-order valence-corrected chi connectivity index (χ4v) is 5.21. The summed E-state index contributed by atoms with van der Waals surface area (Å²) in [6, 6.07) is 9.22. The summed E-state index contributed by atoms with van der Waals surface area (Å²) in [5, 5.41) is 11.5. The highest BCUT2D eigenvalue weighted by molar-refractivity contribution is 7.17. The molecule has 0 spiro atoms. The van der Waals surface area contributed by atoms with E-state index in [0.717, 1.165) is 22.7 Å². The van der Waals surface area contributed by atoms with Gasteiger partial charge in [0.2, 0.25) is 0 Å². The number of aliphatic hydroxyl groups excluding tert-OH is 1. The SMILES string of the molecule is CCCOc1ccc(/C(O)=C2/C(=O)C(=O)N(c3nc(C)c(C(=O)OCC)s3)C2c2ccc(F)cc2)c(C)c1. The molecule has 2 aromatic carbocycles. The molecule has 10 heteroatoms. The third-order valence-electron chi connectivity index (χ3n) is 6.01. The van der Waals surface area contributed by atoms with Crippen molar-refractivity contribution in [3.63, 3.8) is 0 Å². The number of anilines is 1. The number of hydrogen-bond acceptors (Lipinski definition) is 8. The number of ketones is 1. The summed E-state index contributed by atoms with van der Waals surface area (Å²) in [4.78, 5) is 44.8. The van der Waals surface area contributed by atoms with E-state index in [-0.39, 0.29) is 27.9 Å². The number of aliphatic hydroxyl groups is 1. The van der Waals surface area contributed by atoms with Crippen LogP contribution in [-0.4, -0.2) is 41.0 Å². The smallest absolute Gasteiger partial charge is 0.350 e. The van der Waals surface area contributed by atoms with Crippen LogP contribution in [0.4, 0.5) is 9.52 Å². The number of carbonyl (C=O) groups excluding carboxylic acids is 3. The lowest BCUT2D eigenvalue weighted by Gasteiger charge is -2.23. The van der Waals surface area contributed by atoms with E-state index in [1.165, 1.54) is 24.3 Å². The predicted octanol–water partition coefficient (Wildman–Crippen LogP) is 5.49. The Morgan fingerprint density at radius 2 is 1.84 bits per heavy atom. The molecule has 3 aromatic rings. The Morgan fingerprint density at radius 3 is 2.47 bits per heavy atom. The lowest BCUT2D eigenvalue weighted by molar-refractivity contribution is -0.132. The van der Waals surface area contributed by atoms with Gasteiger partial charge in [-0.1, -0.05) is 30.4 Å². The number of aryl methyl sites for hydroxylation is 2. The second-order valence-corrected chi connectivity index (χ2v) is 9.65. The first kappa shape index (κ1) is 27.0. The molecule has 1 N–H and O–H groups in total. The van der Waals surface area contributed by atoms with E-state index in [2.05, 4.69) is 4.98 Å². The molecule has 1 saturated heterocycles. The zero-order valence-corrected chi connectivity index (χ0v) is 22.2. The topological polar surface area (TPSA) is 106 Å². The third kappa shape index (κ3) is 5.04. The highest BCUT2D eigenvalue weighted by Gasteiger charge is 2.48. The van der Waals surface area contributed by atoms with Crippen molar-refractivity contribution >= 4 is 39.9 Å². The average molecular weight is 539 g/mol. The van der Waals surface area contributed by atoms with Crippen molar-refractivity contribution < 1.29 is 33.4 Å². The van der Waals surface area contributed by atoms with Crippen LogP contribution in [0, 0.1) is 19.7 Å². The lowest BCUT2D eigenvalue weighted by atomic mass is 9.94. The zero-order chi connectivity index (χ0) is 27.6. The Hall–Kier alpha value is -4.05. The molecule has 0 saturated carbocycles. The minimum absolute atomic E-state index is 0.0843. The number of carbonyl (C=O) groups is 3. The minimum atomic E-state index is -1.10. The summed E-state index contributed by atoms with van der Waals surface area (Å²) in [5.41, 5.74) is 1.54. The fraction of sp³-hybridized carbons (Fsp3) is 0.286. The van der Waals surface area contributed by atoms with E-state index in [1.807, 2.05) is 6.92 Å². The number of benzene rings is 2. The average Bonchev–Trinajstić information content (AvgIpc) is 3.39. The summed E-state index contributed by atoms with van der Waals surface area (Å²) < 4.78 is 24.5. The maximum Gasteiger partial charge on any atom is 0.350 e. The van der Waals surface area contributed by atoms with E-state index in [9.17, 15) is 23.9 Å². The summed E-state index contributed by atoms with van der Waals surface area (Å²) >= 11 is 0.907. The Labute approximate surface area is 223 Å². The van der Waals surface area contributed by atoms with E-state index in [4.69, 9.17) is 9.47 Å². The minimum Gasteiger partial charge on any atom is -0.507 e. The summed E-state index contributed by atoms with van der Waals surface area (Å²) in [5.74, 6) is -2.71. The molecule has 4 rings (SSSR count). The van der Waals surface area contributed by atoms with Crippen LogP contribution in [-0.2, 0) is 14.3 Å². The molecule has 1 unspecified atom stereocenters. The Morgan fingerprint density at radius 1 is 1.13 bits per heavy atom. The first-order valence-electron chi connectivity index (χ1n) is 12.1. The number of ether oxygens (including phenoxy) is 2. The molecular formula is C28H27FN2O6S. The Kier molecular flexibility index (Phi) is 7.91. The molecule has 1 amide bonds. The van der Waals surface area contributed by atoms with Crippen LogP contribution < -0.4 is 9.64 Å². The number of thiazole rings is 1. The zero-order valence-electron chi connectivity index (χ0n) is 21.4. The first-order chi connectivity index (χ1) is 18.2. The van der Waals surface area contributed by atoms with Crippen LogP contribution in [0.1, 0.15) is 58.4 Å². The van der Waals surface area contributed by atoms with Crippen molar-refractivity contribution in [2.24, 2.45) is 0 Å². The molecule has 1 atom stereocenters. The highest BCUT2D eigenvalue weighted by Crippen LogP contribution is 2.44. The molecule has 0 bridgehead atoms. The number of halogens is 1. The van der Waals surface area contributed by atoms with Crippen molar-refractivity contribution in [1.82, 2.24) is 4.98 Å². The van der Waals surface area contributed by atoms with Crippen LogP contribution in [0.15, 0.2) is 48.0 Å². The van der Waals surface area contributed by atoms with Crippen LogP contribution in [0.2, 0.25) is 0 Å². The van der Waals surface area contributed by atoms with Gasteiger partial charge in [0.15, 0.2) is 5.13 Å². The molecule has 0 aliphatic carbocycles. The number of esters is 1. The Balaban J connectivity index is 1.87. The molecule has 8 nitrogen and oxygen atoms in total. The second-order valence-electron chi connectivity index (χ2n) is 8.68. The van der Waals surface area contributed by atoms with Gasteiger partial charge in [-0.2, -0.15) is 0 Å². The predicted molar refractivity (Wildman–Crippen MR) is 141 cm³/mol. The van der Waals surface area contributed by atoms with Gasteiger partial charge in [-0.3, -0.25) is 14.5 Å². The van der Waals surface area contributed by atoms with Crippen molar-refractivity contribution in [2.75, 3.05) is 18.1 Å². The number of rotatable bonds is 8. The van der Waals surface area contributed by atoms with Crippen LogP contribution in [0.25, 0.3) is 5.76 Å². The van der Waals surface area contributed by atoms with Gasteiger partial charge in [0.05, 0.1) is 30.5 Å². The standard InChI is InChI=1S/C28H27FN2O6S/c1-5-13-37-19-11-12-20(15(3)14-19)23(32)21-22(17-7-9-18(29)10-8-17)31(26(34)24(21)33)28-30-16(4)25(38-28)27(35)36-6-2/h7-12,14,22,32H,5-6,13H2,1-4H3/b23-21-. The number of nitrogens with zero attached hydrogens (tertiary/aromatic N) is 2. The lowest BCUT2D eigenvalue weighted by Crippen LogP contribution is -2.29. The van der Waals surface area contributed by atoms with Crippen molar-refractivity contribution in [3.05, 3.63) is 81.1 Å². The second kappa shape index (κ2) is 11.1. The van der Waals surface area contributed by atoms with Crippen LogP contribution in [0.3, 0.4) is 0 Å². The van der Waals surface area contributed by atoms with E-state index in [1.54, 1.807) is 39.0 Å². The van der Waals surface area contributed by atoms with Crippen molar-refractivity contribution in [3.8, 4) is 5.75 Å². The molecule has 1 fully saturated rings. The normalized spacial score (nSPS) is 16.7. The quantitative estimate of drug-likeness (QED) is 0.175. The summed E-state index contributed by atoms with van der Waals surface area (Å²) in [7, 11) is 0. The van der Waals surface area contributed by atoms with Gasteiger partial charge < -0.3 is 14.6 Å². The van der Waals surface area contributed by atoms with Gasteiger partial charge in [0, 0.05) is 5.56 Å². The van der Waals surface area contributed by atoms with Gasteiger partial charge in [-0.05, 0) is 68.7 Å². The fourth-order valence-electron chi connectivity index (χ4n) is 4.22. The molecule has 2 heterocycles. The van der Waals surface area contributed by atoms with Gasteiger partial charge in [-0.25, -0.2) is 14.2 Å². The number of hydrogen-bond donors (Lipinski definition) is 1. The molecule has 0 radical (unpaired) electrons. The van der Waals surface area contributed by atoms with Gasteiger partial charge >= 0.3 is 11.9 Å². The number of amides is 1. The number of aromatic nitrogens is 1. The van der Waals surface area contributed by atoms with E-state index < -0.39 is 29.5 Å². The van der Waals surface area contributed by atoms with Gasteiger partial charge in [0.1, 0.15) is 22.2 Å². The van der Waals surface area contributed by atoms with Crippen molar-refractivity contribution in [1.29, 1.82) is 0 Å². The largest absolute Gasteiger partial charge is 0.507 e. The van der Waals surface area contributed by atoms with Crippen LogP contribution in [0.5, 0.6) is 5.75 Å². The van der Waals surface area contributed by atoms with Gasteiger partial charge in [-0.15, -0.1) is 0 Å².